The van der Waals surface area contributed by atoms with E-state index in [-0.39, 0.29) is 29.5 Å². The zero-order valence-corrected chi connectivity index (χ0v) is 15.5. The molecule has 9 heteroatoms. The molecule has 1 aromatic rings. The summed E-state index contributed by atoms with van der Waals surface area (Å²) in [6, 6.07) is 7.90. The summed E-state index contributed by atoms with van der Waals surface area (Å²) in [6.07, 6.45) is 1.24. The van der Waals surface area contributed by atoms with Crippen molar-refractivity contribution in [2.24, 2.45) is 0 Å². The van der Waals surface area contributed by atoms with Gasteiger partial charge in [0.1, 0.15) is 0 Å². The Balaban J connectivity index is 0.00000225. The molecule has 2 heterocycles. The van der Waals surface area contributed by atoms with Gasteiger partial charge in [-0.15, -0.1) is 12.4 Å². The molecule has 0 saturated carbocycles. The Labute approximate surface area is 154 Å². The Morgan fingerprint density at radius 2 is 1.88 bits per heavy atom. The number of ether oxygens (including phenoxy) is 1. The highest BCUT2D eigenvalue weighted by Gasteiger charge is 2.30. The summed E-state index contributed by atoms with van der Waals surface area (Å²) in [5.74, 6) is 0. The number of halogens is 1. The predicted molar refractivity (Wildman–Crippen MR) is 96.2 cm³/mol. The number of sulfonamides is 1. The van der Waals surface area contributed by atoms with Crippen LogP contribution in [0.1, 0.15) is 12.0 Å². The minimum atomic E-state index is -3.52. The molecule has 0 spiro atoms. The van der Waals surface area contributed by atoms with Gasteiger partial charge < -0.3 is 10.1 Å². The highest BCUT2D eigenvalue weighted by atomic mass is 35.5. The van der Waals surface area contributed by atoms with E-state index in [1.54, 1.807) is 0 Å². The number of morpholine rings is 2. The lowest BCUT2D eigenvalue weighted by Gasteiger charge is -2.41. The van der Waals surface area contributed by atoms with Crippen molar-refractivity contribution in [1.29, 1.82) is 5.26 Å². The van der Waals surface area contributed by atoms with Gasteiger partial charge in [-0.05, 0) is 37.2 Å². The second-order valence-electron chi connectivity index (χ2n) is 6.19. The molecule has 138 valence electrons. The average molecular weight is 387 g/mol. The molecule has 0 amide bonds. The molecule has 2 fully saturated rings. The largest absolute Gasteiger partial charge is 0.370 e. The van der Waals surface area contributed by atoms with Crippen molar-refractivity contribution in [3.8, 4) is 6.07 Å². The van der Waals surface area contributed by atoms with Crippen molar-refractivity contribution in [3.05, 3.63) is 29.8 Å². The number of hydrogen-bond donors (Lipinski definition) is 2. The molecular weight excluding hydrogens is 364 g/mol. The highest BCUT2D eigenvalue weighted by molar-refractivity contribution is 7.89. The number of fused-ring (bicyclic) bond motifs is 2. The van der Waals surface area contributed by atoms with Gasteiger partial charge >= 0.3 is 0 Å². The van der Waals surface area contributed by atoms with Gasteiger partial charge in [0.15, 0.2) is 0 Å². The molecule has 2 aliphatic heterocycles. The van der Waals surface area contributed by atoms with Gasteiger partial charge in [0.25, 0.3) is 0 Å². The fourth-order valence-electron chi connectivity index (χ4n) is 3.12. The first-order valence-electron chi connectivity index (χ1n) is 8.15. The van der Waals surface area contributed by atoms with Gasteiger partial charge in [0.05, 0.1) is 28.7 Å². The molecule has 2 saturated heterocycles. The van der Waals surface area contributed by atoms with Crippen LogP contribution < -0.4 is 10.0 Å². The summed E-state index contributed by atoms with van der Waals surface area (Å²) in [6.45, 7) is 4.81. The Bertz CT molecular complexity index is 693. The van der Waals surface area contributed by atoms with Gasteiger partial charge in [0, 0.05) is 32.7 Å². The SMILES string of the molecule is Cl.N#Cc1ccc(S(=O)(=O)NCCCN2CC3CNCC(C2)O3)cc1. The third-order valence-corrected chi connectivity index (χ3v) is 5.77. The Kier molecular flexibility index (Phi) is 7.19. The van der Waals surface area contributed by atoms with Crippen LogP contribution >= 0.6 is 12.4 Å². The van der Waals surface area contributed by atoms with Crippen LogP contribution in [0.2, 0.25) is 0 Å². The normalized spacial score (nSPS) is 23.5. The fourth-order valence-corrected chi connectivity index (χ4v) is 4.20. The van der Waals surface area contributed by atoms with Crippen molar-refractivity contribution >= 4 is 22.4 Å². The Hall–Kier alpha value is -1.21. The van der Waals surface area contributed by atoms with E-state index in [0.717, 1.165) is 39.1 Å². The third kappa shape index (κ3) is 5.38. The summed E-state index contributed by atoms with van der Waals surface area (Å²) in [4.78, 5) is 2.53. The monoisotopic (exact) mass is 386 g/mol. The highest BCUT2D eigenvalue weighted by Crippen LogP contribution is 2.14. The van der Waals surface area contributed by atoms with Crippen molar-refractivity contribution in [1.82, 2.24) is 14.9 Å². The zero-order chi connectivity index (χ0) is 17.0. The number of nitrogens with one attached hydrogen (secondary N) is 2. The molecule has 0 aromatic heterocycles. The van der Waals surface area contributed by atoms with Gasteiger partial charge in [-0.25, -0.2) is 13.1 Å². The minimum absolute atomic E-state index is 0. The first-order chi connectivity index (χ1) is 11.6. The standard InChI is InChI=1S/C16H22N4O3S.ClH/c17-8-13-2-4-16(5-3-13)24(21,22)19-6-1-7-20-11-14-9-18-10-15(12-20)23-14;/h2-5,14-15,18-19H,1,6-7,9-12H2;1H. The number of rotatable bonds is 6. The van der Waals surface area contributed by atoms with E-state index in [4.69, 9.17) is 10.00 Å². The Morgan fingerprint density at radius 1 is 1.24 bits per heavy atom. The molecule has 1 aromatic carbocycles. The van der Waals surface area contributed by atoms with E-state index in [1.807, 2.05) is 6.07 Å². The maximum absolute atomic E-state index is 12.2. The number of nitriles is 1. The quantitative estimate of drug-likeness (QED) is 0.684. The molecule has 2 bridgehead atoms. The van der Waals surface area contributed by atoms with Crippen LogP contribution in [-0.4, -0.2) is 64.8 Å². The van der Waals surface area contributed by atoms with E-state index >= 15 is 0 Å². The average Bonchev–Trinajstić information content (AvgIpc) is 2.58. The third-order valence-electron chi connectivity index (χ3n) is 4.29. The lowest BCUT2D eigenvalue weighted by molar-refractivity contribution is -0.103. The van der Waals surface area contributed by atoms with Gasteiger partial charge in [-0.3, -0.25) is 4.90 Å². The first kappa shape index (κ1) is 20.1. The van der Waals surface area contributed by atoms with Crippen LogP contribution in [0.3, 0.4) is 0 Å². The summed E-state index contributed by atoms with van der Waals surface area (Å²) < 4.78 is 32.9. The van der Waals surface area contributed by atoms with E-state index in [2.05, 4.69) is 14.9 Å². The summed E-state index contributed by atoms with van der Waals surface area (Å²) >= 11 is 0. The van der Waals surface area contributed by atoms with Crippen molar-refractivity contribution in [2.75, 3.05) is 39.3 Å². The van der Waals surface area contributed by atoms with Crippen molar-refractivity contribution < 1.29 is 13.2 Å². The molecule has 0 aliphatic carbocycles. The van der Waals surface area contributed by atoms with E-state index in [1.165, 1.54) is 24.3 Å². The molecule has 2 atom stereocenters. The molecule has 2 unspecified atom stereocenters. The predicted octanol–water partition coefficient (Wildman–Crippen LogP) is 0.321. The summed E-state index contributed by atoms with van der Waals surface area (Å²) in [5, 5.41) is 12.1. The number of benzene rings is 1. The zero-order valence-electron chi connectivity index (χ0n) is 13.8. The van der Waals surface area contributed by atoms with E-state index in [0.29, 0.717) is 12.1 Å². The van der Waals surface area contributed by atoms with Crippen LogP contribution in [0, 0.1) is 11.3 Å². The molecule has 7 nitrogen and oxygen atoms in total. The van der Waals surface area contributed by atoms with Crippen LogP contribution in [0.15, 0.2) is 29.2 Å². The number of nitrogens with zero attached hydrogens (tertiary/aromatic N) is 2. The van der Waals surface area contributed by atoms with E-state index < -0.39 is 10.0 Å². The van der Waals surface area contributed by atoms with Crippen LogP contribution in [0.25, 0.3) is 0 Å². The smallest absolute Gasteiger partial charge is 0.240 e. The van der Waals surface area contributed by atoms with Gasteiger partial charge in [0.2, 0.25) is 10.0 Å². The molecule has 25 heavy (non-hydrogen) atoms. The van der Waals surface area contributed by atoms with Crippen LogP contribution in [-0.2, 0) is 14.8 Å². The maximum Gasteiger partial charge on any atom is 0.240 e. The fraction of sp³-hybridized carbons (Fsp3) is 0.562. The Morgan fingerprint density at radius 3 is 2.48 bits per heavy atom. The minimum Gasteiger partial charge on any atom is -0.370 e. The van der Waals surface area contributed by atoms with E-state index in [9.17, 15) is 8.42 Å². The van der Waals surface area contributed by atoms with Crippen molar-refractivity contribution in [2.45, 2.75) is 23.5 Å². The van der Waals surface area contributed by atoms with Gasteiger partial charge in [-0.1, -0.05) is 0 Å². The summed E-state index contributed by atoms with van der Waals surface area (Å²) in [7, 11) is -3.52. The lowest BCUT2D eigenvalue weighted by atomic mass is 10.1. The number of hydrogen-bond acceptors (Lipinski definition) is 6. The molecule has 2 N–H and O–H groups in total. The second-order valence-corrected chi connectivity index (χ2v) is 7.95. The second kappa shape index (κ2) is 8.94. The van der Waals surface area contributed by atoms with Crippen LogP contribution in [0.5, 0.6) is 0 Å². The molecule has 0 radical (unpaired) electrons. The summed E-state index contributed by atoms with van der Waals surface area (Å²) in [5.41, 5.74) is 0.446. The molecular formula is C16H23ClN4O3S. The topological polar surface area (TPSA) is 94.5 Å². The molecule has 3 rings (SSSR count). The lowest BCUT2D eigenvalue weighted by Crippen LogP contribution is -2.58. The van der Waals surface area contributed by atoms with Crippen LogP contribution in [0.4, 0.5) is 0 Å². The van der Waals surface area contributed by atoms with Gasteiger partial charge in [-0.2, -0.15) is 5.26 Å². The molecule has 2 aliphatic rings. The van der Waals surface area contributed by atoms with Crippen molar-refractivity contribution in [3.63, 3.8) is 0 Å². The first-order valence-corrected chi connectivity index (χ1v) is 9.63. The maximum atomic E-state index is 12.2.